The largest absolute Gasteiger partial charge is 0.490 e. The maximum atomic E-state index is 12.9. The lowest BCUT2D eigenvalue weighted by Crippen LogP contribution is -2.38. The van der Waals surface area contributed by atoms with E-state index in [-0.39, 0.29) is 5.02 Å². The molecule has 2 aliphatic rings. The second-order valence-electron chi connectivity index (χ2n) is 15.4. The summed E-state index contributed by atoms with van der Waals surface area (Å²) in [5.74, 6) is 1.60. The molecule has 15 heteroatoms. The molecule has 4 amide bonds. The lowest BCUT2D eigenvalue weighted by atomic mass is 9.97. The third-order valence-electron chi connectivity index (χ3n) is 10.7. The van der Waals surface area contributed by atoms with Gasteiger partial charge in [-0.15, -0.1) is 0 Å². The van der Waals surface area contributed by atoms with Crippen molar-refractivity contribution in [2.24, 2.45) is 11.5 Å². The second-order valence-corrected chi connectivity index (χ2v) is 16.2. The van der Waals surface area contributed by atoms with E-state index in [9.17, 15) is 9.59 Å². The van der Waals surface area contributed by atoms with Crippen molar-refractivity contribution in [3.8, 4) is 22.6 Å². The molecule has 0 spiro atoms. The molecule has 322 valence electrons. The van der Waals surface area contributed by atoms with Crippen LogP contribution in [0.15, 0.2) is 116 Å². The Morgan fingerprint density at radius 1 is 0.645 bits per heavy atom. The van der Waals surface area contributed by atoms with Crippen molar-refractivity contribution >= 4 is 80.2 Å². The highest BCUT2D eigenvalue weighted by Gasteiger charge is 2.26. The monoisotopic (exact) mass is 875 g/mol. The van der Waals surface area contributed by atoms with Gasteiger partial charge in [0, 0.05) is 44.0 Å². The number of benzene rings is 5. The van der Waals surface area contributed by atoms with E-state index >= 15 is 0 Å². The number of nitrogens with zero attached hydrogens (tertiary/aromatic N) is 7. The molecule has 0 bridgehead atoms. The molecule has 8 rings (SSSR count). The smallest absolute Gasteiger partial charge is 0.323 e. The molecular formula is C47H51Cl2N9O4. The van der Waals surface area contributed by atoms with Crippen LogP contribution >= 0.6 is 23.2 Å². The zero-order valence-electron chi connectivity index (χ0n) is 35.3. The Hall–Kier alpha value is -6.25. The van der Waals surface area contributed by atoms with E-state index < -0.39 is 12.1 Å². The van der Waals surface area contributed by atoms with E-state index in [2.05, 4.69) is 44.7 Å². The zero-order chi connectivity index (χ0) is 43.9. The molecule has 6 aromatic rings. The summed E-state index contributed by atoms with van der Waals surface area (Å²) in [5.41, 5.74) is 18.2. The third kappa shape index (κ3) is 9.77. The van der Waals surface area contributed by atoms with Crippen LogP contribution in [-0.2, 0) is 0 Å². The number of fused-ring (bicyclic) bond motifs is 3. The highest BCUT2D eigenvalue weighted by molar-refractivity contribution is 6.44. The van der Waals surface area contributed by atoms with Crippen LogP contribution < -0.4 is 40.5 Å². The number of urea groups is 2. The fourth-order valence-electron chi connectivity index (χ4n) is 7.60. The van der Waals surface area contributed by atoms with Gasteiger partial charge in [-0.25, -0.2) is 9.59 Å². The number of amides is 4. The van der Waals surface area contributed by atoms with Crippen molar-refractivity contribution in [3.63, 3.8) is 0 Å². The summed E-state index contributed by atoms with van der Waals surface area (Å²) in [7, 11) is 8.20. The predicted molar refractivity (Wildman–Crippen MR) is 252 cm³/mol. The Bertz CT molecular complexity index is 2540. The Morgan fingerprint density at radius 2 is 1.18 bits per heavy atom. The maximum absolute atomic E-state index is 12.9. The molecular weight excluding hydrogens is 825 g/mol. The van der Waals surface area contributed by atoms with Crippen molar-refractivity contribution in [1.82, 2.24) is 14.8 Å². The van der Waals surface area contributed by atoms with Crippen LogP contribution in [0.25, 0.3) is 21.9 Å². The normalized spacial score (nSPS) is 13.1. The second kappa shape index (κ2) is 19.6. The molecule has 5 aromatic carbocycles. The Balaban J connectivity index is 0.000000193. The molecule has 0 unspecified atom stereocenters. The molecule has 0 aliphatic carbocycles. The molecule has 0 atom stereocenters. The third-order valence-corrected chi connectivity index (χ3v) is 11.5. The van der Waals surface area contributed by atoms with Gasteiger partial charge in [-0.05, 0) is 111 Å². The number of hydrogen-bond acceptors (Lipinski definition) is 9. The molecule has 2 aliphatic heterocycles. The number of nitrogens with two attached hydrogens (primary N) is 2. The highest BCUT2D eigenvalue weighted by Crippen LogP contribution is 2.43. The number of hydrogen-bond donors (Lipinski definition) is 2. The summed E-state index contributed by atoms with van der Waals surface area (Å²) in [4.78, 5) is 41.0. The number of aromatic nitrogens is 1. The zero-order valence-corrected chi connectivity index (χ0v) is 36.8. The van der Waals surface area contributed by atoms with Gasteiger partial charge in [0.05, 0.1) is 57.3 Å². The van der Waals surface area contributed by atoms with Crippen LogP contribution in [0.2, 0.25) is 10.0 Å². The summed E-state index contributed by atoms with van der Waals surface area (Å²) in [5, 5.41) is 2.61. The summed E-state index contributed by atoms with van der Waals surface area (Å²) < 4.78 is 11.7. The minimum atomic E-state index is -0.643. The van der Waals surface area contributed by atoms with E-state index in [1.165, 1.54) is 4.90 Å². The average molecular weight is 877 g/mol. The van der Waals surface area contributed by atoms with Gasteiger partial charge >= 0.3 is 12.1 Å². The first kappa shape index (κ1) is 43.8. The van der Waals surface area contributed by atoms with Gasteiger partial charge in [0.15, 0.2) is 0 Å². The van der Waals surface area contributed by atoms with E-state index in [4.69, 9.17) is 44.1 Å². The van der Waals surface area contributed by atoms with Gasteiger partial charge in [-0.2, -0.15) is 0 Å². The summed E-state index contributed by atoms with van der Waals surface area (Å²) in [6, 6.07) is 31.3. The molecule has 1 aromatic heterocycles. The van der Waals surface area contributed by atoms with Gasteiger partial charge in [-0.1, -0.05) is 59.6 Å². The quantitative estimate of drug-likeness (QED) is 0.131. The van der Waals surface area contributed by atoms with E-state index in [0.29, 0.717) is 35.3 Å². The fraction of sp³-hybridized carbons (Fsp3) is 0.255. The van der Waals surface area contributed by atoms with E-state index in [1.54, 1.807) is 41.6 Å². The van der Waals surface area contributed by atoms with Crippen LogP contribution in [0.5, 0.6) is 11.5 Å². The molecule has 62 heavy (non-hydrogen) atoms. The number of pyridine rings is 1. The van der Waals surface area contributed by atoms with Crippen molar-refractivity contribution in [3.05, 3.63) is 126 Å². The molecule has 0 saturated heterocycles. The summed E-state index contributed by atoms with van der Waals surface area (Å²) in [6.45, 7) is 6.38. The first-order chi connectivity index (χ1) is 29.9. The van der Waals surface area contributed by atoms with Gasteiger partial charge < -0.3 is 40.5 Å². The SMILES string of the molecule is CN(C)CCN1CCOc2ccc(N(C(N)=O)c3ccc(-c4ccncc4)c4ccccc34)cc21.CN(C)CCN1CCOc2ccc(N(C(N)=O)c3cccc(Cl)c3Cl)cc21. The lowest BCUT2D eigenvalue weighted by Gasteiger charge is -2.33. The first-order valence-corrected chi connectivity index (χ1v) is 21.0. The molecule has 3 heterocycles. The van der Waals surface area contributed by atoms with Crippen molar-refractivity contribution in [1.29, 1.82) is 0 Å². The van der Waals surface area contributed by atoms with E-state index in [1.807, 2.05) is 86.9 Å². The number of likely N-dealkylation sites (N-methyl/N-ethyl adjacent to an activating group) is 2. The van der Waals surface area contributed by atoms with Gasteiger partial charge in [-0.3, -0.25) is 14.8 Å². The molecule has 13 nitrogen and oxygen atoms in total. The molecule has 0 saturated carbocycles. The standard InChI is InChI=1S/C28H29N5O2.C19H22Cl2N4O2/c1-31(2)15-16-32-17-18-35-27-10-7-21(19-26(27)32)33(28(29)34)25-9-8-22(20-11-13-30-14-12-20)23-5-3-4-6-24(23)25;1-23(2)8-9-24-10-11-27-17-7-6-13(12-16(17)24)25(19(22)26)15-5-3-4-14(20)18(15)21/h3-14,19H,15-18H2,1-2H3,(H2,29,34);3-7,12H,8-11H2,1-2H3,(H2,22,26). The van der Waals surface area contributed by atoms with E-state index in [0.717, 1.165) is 89.7 Å². The summed E-state index contributed by atoms with van der Waals surface area (Å²) >= 11 is 12.4. The minimum Gasteiger partial charge on any atom is -0.490 e. The molecule has 0 fully saturated rings. The predicted octanol–water partition coefficient (Wildman–Crippen LogP) is 8.85. The number of rotatable bonds is 11. The molecule has 0 radical (unpaired) electrons. The number of primary amides is 2. The number of carbonyl (C=O) groups excluding carboxylic acids is 2. The van der Waals surface area contributed by atoms with Crippen LogP contribution in [0.3, 0.4) is 0 Å². The topological polar surface area (TPSA) is 137 Å². The number of carbonyl (C=O) groups is 2. The van der Waals surface area contributed by atoms with Crippen LogP contribution in [0.4, 0.5) is 43.7 Å². The Labute approximate surface area is 372 Å². The van der Waals surface area contributed by atoms with Gasteiger partial charge in [0.25, 0.3) is 0 Å². The minimum absolute atomic E-state index is 0.274. The number of ether oxygens (including phenoxy) is 2. The van der Waals surface area contributed by atoms with Gasteiger partial charge in [0.1, 0.15) is 24.7 Å². The summed E-state index contributed by atoms with van der Waals surface area (Å²) in [6.07, 6.45) is 3.57. The van der Waals surface area contributed by atoms with Crippen molar-refractivity contribution < 1.29 is 19.1 Å². The maximum Gasteiger partial charge on any atom is 0.323 e. The first-order valence-electron chi connectivity index (χ1n) is 20.3. The number of halogens is 2. The molecule has 4 N–H and O–H groups in total. The fourth-order valence-corrected chi connectivity index (χ4v) is 7.98. The Kier molecular flexibility index (Phi) is 13.9. The lowest BCUT2D eigenvalue weighted by molar-refractivity contribution is 0.255. The highest BCUT2D eigenvalue weighted by atomic mass is 35.5. The van der Waals surface area contributed by atoms with Crippen molar-refractivity contribution in [2.75, 3.05) is 100 Å². The number of anilines is 6. The Morgan fingerprint density at radius 3 is 1.71 bits per heavy atom. The van der Waals surface area contributed by atoms with Crippen LogP contribution in [-0.4, -0.2) is 108 Å². The van der Waals surface area contributed by atoms with Gasteiger partial charge in [0.2, 0.25) is 0 Å². The van der Waals surface area contributed by atoms with Crippen LogP contribution in [0, 0.1) is 0 Å². The van der Waals surface area contributed by atoms with Crippen LogP contribution in [0.1, 0.15) is 0 Å². The van der Waals surface area contributed by atoms with Crippen molar-refractivity contribution in [2.45, 2.75) is 0 Å². The average Bonchev–Trinajstić information content (AvgIpc) is 3.26.